The Bertz CT molecular complexity index is 934. The molecule has 4 fully saturated rings. The van der Waals surface area contributed by atoms with Gasteiger partial charge in [0.2, 0.25) is 0 Å². The first kappa shape index (κ1) is 27.5. The van der Waals surface area contributed by atoms with Crippen molar-refractivity contribution < 1.29 is 19.1 Å². The number of esters is 2. The quantitative estimate of drug-likeness (QED) is 0.186. The number of carbonyl (C=O) groups is 2. The zero-order valence-electron chi connectivity index (χ0n) is 24.0. The lowest BCUT2D eigenvalue weighted by atomic mass is 9.43. The first-order valence-corrected chi connectivity index (χ1v) is 14.4. The molecule has 202 valence electrons. The minimum absolute atomic E-state index is 0.0629. The van der Waals surface area contributed by atoms with Crippen LogP contribution in [0.4, 0.5) is 0 Å². The molecule has 4 saturated carbocycles. The maximum absolute atomic E-state index is 12.2. The lowest BCUT2D eigenvalue weighted by Crippen LogP contribution is -2.54. The summed E-state index contributed by atoms with van der Waals surface area (Å²) < 4.78 is 9.92. The van der Waals surface area contributed by atoms with Gasteiger partial charge in [-0.3, -0.25) is 4.79 Å². The maximum Gasteiger partial charge on any atom is 0.333 e. The summed E-state index contributed by atoms with van der Waals surface area (Å²) in [5, 5.41) is 0. The molecule has 0 unspecified atom stereocenters. The van der Waals surface area contributed by atoms with Crippen LogP contribution in [0, 0.1) is 45.3 Å². The van der Waals surface area contributed by atoms with Crippen LogP contribution in [0.1, 0.15) is 105 Å². The molecule has 0 saturated heterocycles. The Morgan fingerprint density at radius 1 is 1.03 bits per heavy atom. The average Bonchev–Trinajstić information content (AvgIpc) is 3.44. The lowest BCUT2D eigenvalue weighted by molar-refractivity contribution is -0.143. The topological polar surface area (TPSA) is 52.6 Å². The molecule has 4 nitrogen and oxygen atoms in total. The second-order valence-corrected chi connectivity index (χ2v) is 13.5. The van der Waals surface area contributed by atoms with E-state index in [9.17, 15) is 9.59 Å². The molecule has 36 heavy (non-hydrogen) atoms. The van der Waals surface area contributed by atoms with Crippen molar-refractivity contribution in [3.05, 3.63) is 23.8 Å². The monoisotopic (exact) mass is 498 g/mol. The molecule has 0 amide bonds. The smallest absolute Gasteiger partial charge is 0.333 e. The Balaban J connectivity index is 1.54. The van der Waals surface area contributed by atoms with E-state index in [1.54, 1.807) is 0 Å². The molecule has 8 atom stereocenters. The van der Waals surface area contributed by atoms with E-state index >= 15 is 0 Å². The molecule has 0 radical (unpaired) electrons. The van der Waals surface area contributed by atoms with Gasteiger partial charge < -0.3 is 9.47 Å². The van der Waals surface area contributed by atoms with Crippen LogP contribution >= 0.6 is 0 Å². The first-order valence-electron chi connectivity index (χ1n) is 14.4. The Morgan fingerprint density at radius 3 is 2.39 bits per heavy atom. The van der Waals surface area contributed by atoms with E-state index in [2.05, 4.69) is 40.3 Å². The zero-order valence-corrected chi connectivity index (χ0v) is 24.0. The largest absolute Gasteiger partial charge is 0.469 e. The number of allylic oxidation sites excluding steroid dienone is 2. The van der Waals surface area contributed by atoms with E-state index in [1.165, 1.54) is 64.7 Å². The normalized spacial score (nSPS) is 42.0. The minimum atomic E-state index is -0.217. The van der Waals surface area contributed by atoms with Gasteiger partial charge in [-0.2, -0.15) is 0 Å². The SMILES string of the molecule is C=C(C)[C@@H]1CC[C@@H]2[C@]3(CC[C@]4(C)[C@@H]([C@H](C)CC/C=C(\C)C(=O)OC)CC[C@@]24C)C[C@]13CCC(=O)OC. The summed E-state index contributed by atoms with van der Waals surface area (Å²) in [4.78, 5) is 23.9. The van der Waals surface area contributed by atoms with Crippen LogP contribution in [-0.2, 0) is 19.1 Å². The summed E-state index contributed by atoms with van der Waals surface area (Å²) in [5.74, 6) is 2.39. The molecule has 4 heteroatoms. The van der Waals surface area contributed by atoms with Crippen molar-refractivity contribution in [2.75, 3.05) is 14.2 Å². The fourth-order valence-corrected chi connectivity index (χ4v) is 10.4. The second-order valence-electron chi connectivity index (χ2n) is 13.5. The predicted molar refractivity (Wildman–Crippen MR) is 144 cm³/mol. The Kier molecular flexibility index (Phi) is 7.34. The number of methoxy groups -OCH3 is 2. The van der Waals surface area contributed by atoms with Gasteiger partial charge in [0.15, 0.2) is 0 Å². The number of hydrogen-bond acceptors (Lipinski definition) is 4. The van der Waals surface area contributed by atoms with E-state index < -0.39 is 0 Å². The average molecular weight is 499 g/mol. The van der Waals surface area contributed by atoms with Crippen molar-refractivity contribution in [3.8, 4) is 0 Å². The molecule has 0 aromatic heterocycles. The molecule has 0 bridgehead atoms. The summed E-state index contributed by atoms with van der Waals surface area (Å²) in [6.45, 7) is 16.2. The Labute approximate surface area is 219 Å². The zero-order chi connectivity index (χ0) is 26.5. The van der Waals surface area contributed by atoms with Crippen molar-refractivity contribution in [1.82, 2.24) is 0 Å². The number of carbonyl (C=O) groups excluding carboxylic acids is 2. The van der Waals surface area contributed by atoms with E-state index in [4.69, 9.17) is 9.47 Å². The first-order chi connectivity index (χ1) is 16.9. The highest BCUT2D eigenvalue weighted by atomic mass is 16.5. The van der Waals surface area contributed by atoms with Gasteiger partial charge in [-0.05, 0) is 123 Å². The van der Waals surface area contributed by atoms with E-state index in [0.717, 1.165) is 36.7 Å². The summed E-state index contributed by atoms with van der Waals surface area (Å²) >= 11 is 0. The number of hydrogen-bond donors (Lipinski definition) is 0. The van der Waals surface area contributed by atoms with Gasteiger partial charge in [0.05, 0.1) is 14.2 Å². The van der Waals surface area contributed by atoms with Crippen LogP contribution in [0.15, 0.2) is 23.8 Å². The number of fused-ring (bicyclic) bond motifs is 2. The maximum atomic E-state index is 12.2. The van der Waals surface area contributed by atoms with E-state index in [0.29, 0.717) is 34.5 Å². The minimum Gasteiger partial charge on any atom is -0.469 e. The highest BCUT2D eigenvalue weighted by Gasteiger charge is 2.80. The van der Waals surface area contributed by atoms with Crippen LogP contribution < -0.4 is 0 Å². The van der Waals surface area contributed by atoms with Gasteiger partial charge in [-0.1, -0.05) is 39.0 Å². The van der Waals surface area contributed by atoms with E-state index in [1.807, 2.05) is 6.92 Å². The lowest BCUT2D eigenvalue weighted by Gasteiger charge is -2.61. The molecule has 0 aliphatic heterocycles. The highest BCUT2D eigenvalue weighted by Crippen LogP contribution is 2.87. The van der Waals surface area contributed by atoms with Gasteiger partial charge in [-0.15, -0.1) is 0 Å². The molecular weight excluding hydrogens is 448 g/mol. The third-order valence-corrected chi connectivity index (χ3v) is 12.4. The number of rotatable bonds is 9. The van der Waals surface area contributed by atoms with Gasteiger partial charge >= 0.3 is 11.9 Å². The standard InChI is InChI=1S/C32H50O4/c1-21(2)24-12-13-26-30(6)16-14-25(22(3)10-9-11-23(4)28(34)36-8)29(30,5)18-19-32(26)20-31(24,32)17-15-27(33)35-7/h11,22,24-26H,1,9-10,12-20H2,2-8H3/b23-11+/t22-,24+,25-,26+,29-,30+,31-,32+/m1/s1. The van der Waals surface area contributed by atoms with Crippen molar-refractivity contribution in [2.45, 2.75) is 105 Å². The Morgan fingerprint density at radius 2 is 1.75 bits per heavy atom. The fraction of sp³-hybridized carbons (Fsp3) is 0.812. The van der Waals surface area contributed by atoms with Gasteiger partial charge in [-0.25, -0.2) is 4.79 Å². The van der Waals surface area contributed by atoms with Gasteiger partial charge in [0.1, 0.15) is 0 Å². The van der Waals surface area contributed by atoms with E-state index in [-0.39, 0.29) is 17.4 Å². The van der Waals surface area contributed by atoms with Gasteiger partial charge in [0.25, 0.3) is 0 Å². The molecule has 0 N–H and O–H groups in total. The molecular formula is C32H50O4. The van der Waals surface area contributed by atoms with Crippen LogP contribution in [0.3, 0.4) is 0 Å². The molecule has 4 aliphatic rings. The number of ether oxygens (including phenoxy) is 2. The Hall–Kier alpha value is -1.58. The highest BCUT2D eigenvalue weighted by molar-refractivity contribution is 5.87. The predicted octanol–water partition coefficient (Wildman–Crippen LogP) is 7.67. The molecule has 0 heterocycles. The summed E-state index contributed by atoms with van der Waals surface area (Å²) in [5.41, 5.74) is 3.39. The molecule has 0 aromatic rings. The third-order valence-electron chi connectivity index (χ3n) is 12.4. The summed E-state index contributed by atoms with van der Waals surface area (Å²) in [6.07, 6.45) is 14.7. The molecule has 4 aliphatic carbocycles. The molecule has 4 rings (SSSR count). The third kappa shape index (κ3) is 3.91. The molecule has 0 aromatic carbocycles. The van der Waals surface area contributed by atoms with Crippen molar-refractivity contribution >= 4 is 11.9 Å². The second kappa shape index (κ2) is 9.62. The van der Waals surface area contributed by atoms with Crippen LogP contribution in [0.2, 0.25) is 0 Å². The van der Waals surface area contributed by atoms with Crippen molar-refractivity contribution in [1.29, 1.82) is 0 Å². The fourth-order valence-electron chi connectivity index (χ4n) is 10.4. The van der Waals surface area contributed by atoms with Crippen molar-refractivity contribution in [3.63, 3.8) is 0 Å². The van der Waals surface area contributed by atoms with Gasteiger partial charge in [0, 0.05) is 12.0 Å². The van der Waals surface area contributed by atoms with Crippen LogP contribution in [0.25, 0.3) is 0 Å². The van der Waals surface area contributed by atoms with Crippen molar-refractivity contribution in [2.24, 2.45) is 45.3 Å². The summed E-state index contributed by atoms with van der Waals surface area (Å²) in [7, 11) is 2.97. The summed E-state index contributed by atoms with van der Waals surface area (Å²) in [6, 6.07) is 0. The van der Waals surface area contributed by atoms with Crippen LogP contribution in [0.5, 0.6) is 0 Å². The van der Waals surface area contributed by atoms with Crippen LogP contribution in [-0.4, -0.2) is 26.2 Å². The molecule has 1 spiro atoms.